The first kappa shape index (κ1) is 12.4. The topological polar surface area (TPSA) is 46.2 Å². The third-order valence-electron chi connectivity index (χ3n) is 4.95. The molecule has 0 aromatic rings. The molecule has 2 aliphatic carbocycles. The standard InChI is InChI=1S/C14H27NO/c1-11-5-4-6-13(15,9-11)14(16)8-7-12(2,3)10-14/h11,16H,4-10,15H2,1-3H3. The Morgan fingerprint density at radius 3 is 2.38 bits per heavy atom. The minimum Gasteiger partial charge on any atom is -0.388 e. The van der Waals surface area contributed by atoms with E-state index in [1.807, 2.05) is 0 Å². The molecule has 0 bridgehead atoms. The Balaban J connectivity index is 2.16. The second-order valence-corrected chi connectivity index (χ2v) is 7.23. The summed E-state index contributed by atoms with van der Waals surface area (Å²) in [5.41, 5.74) is 5.90. The Hall–Kier alpha value is -0.0800. The van der Waals surface area contributed by atoms with Gasteiger partial charge in [-0.05, 0) is 43.4 Å². The van der Waals surface area contributed by atoms with Crippen LogP contribution < -0.4 is 5.73 Å². The maximum Gasteiger partial charge on any atom is 0.0831 e. The fourth-order valence-corrected chi connectivity index (χ4v) is 3.95. The van der Waals surface area contributed by atoms with Gasteiger partial charge in [0.05, 0.1) is 5.60 Å². The second-order valence-electron chi connectivity index (χ2n) is 7.23. The molecule has 0 spiro atoms. The molecule has 0 aromatic heterocycles. The van der Waals surface area contributed by atoms with Gasteiger partial charge in [-0.1, -0.05) is 33.6 Å². The fourth-order valence-electron chi connectivity index (χ4n) is 3.95. The zero-order valence-corrected chi connectivity index (χ0v) is 11.1. The van der Waals surface area contributed by atoms with Crippen LogP contribution in [-0.2, 0) is 0 Å². The molecule has 3 unspecified atom stereocenters. The summed E-state index contributed by atoms with van der Waals surface area (Å²) in [4.78, 5) is 0. The number of hydrogen-bond donors (Lipinski definition) is 2. The molecule has 2 saturated carbocycles. The predicted octanol–water partition coefficient (Wildman–Crippen LogP) is 2.84. The summed E-state index contributed by atoms with van der Waals surface area (Å²) in [6.07, 6.45) is 7.34. The largest absolute Gasteiger partial charge is 0.388 e. The molecule has 16 heavy (non-hydrogen) atoms. The van der Waals surface area contributed by atoms with Gasteiger partial charge < -0.3 is 10.8 Å². The first-order valence-corrected chi connectivity index (χ1v) is 6.78. The van der Waals surface area contributed by atoms with E-state index in [0.717, 1.165) is 32.1 Å². The van der Waals surface area contributed by atoms with Crippen LogP contribution in [0, 0.1) is 11.3 Å². The molecule has 2 fully saturated rings. The summed E-state index contributed by atoms with van der Waals surface area (Å²) in [5, 5.41) is 10.9. The molecule has 2 heteroatoms. The van der Waals surface area contributed by atoms with Gasteiger partial charge in [-0.15, -0.1) is 0 Å². The Labute approximate surface area is 99.6 Å². The summed E-state index contributed by atoms with van der Waals surface area (Å²) < 4.78 is 0. The third-order valence-corrected chi connectivity index (χ3v) is 4.95. The Kier molecular flexibility index (Phi) is 2.87. The van der Waals surface area contributed by atoms with E-state index in [4.69, 9.17) is 5.73 Å². The lowest BCUT2D eigenvalue weighted by Gasteiger charge is -2.47. The molecule has 2 nitrogen and oxygen atoms in total. The molecular formula is C14H27NO. The van der Waals surface area contributed by atoms with Crippen molar-refractivity contribution < 1.29 is 5.11 Å². The minimum atomic E-state index is -0.606. The SMILES string of the molecule is CC1CCCC(N)(C2(O)CCC(C)(C)C2)C1. The zero-order chi connectivity index (χ0) is 12.0. The van der Waals surface area contributed by atoms with Crippen LogP contribution in [0.5, 0.6) is 0 Å². The maximum atomic E-state index is 10.9. The van der Waals surface area contributed by atoms with E-state index in [2.05, 4.69) is 20.8 Å². The highest BCUT2D eigenvalue weighted by Gasteiger charge is 2.54. The molecular weight excluding hydrogens is 198 g/mol. The molecule has 0 radical (unpaired) electrons. The van der Waals surface area contributed by atoms with E-state index in [1.54, 1.807) is 0 Å². The summed E-state index contributed by atoms with van der Waals surface area (Å²) in [6.45, 7) is 6.77. The van der Waals surface area contributed by atoms with Gasteiger partial charge in [-0.2, -0.15) is 0 Å². The van der Waals surface area contributed by atoms with Gasteiger partial charge in [0.15, 0.2) is 0 Å². The van der Waals surface area contributed by atoms with Crippen molar-refractivity contribution in [1.82, 2.24) is 0 Å². The predicted molar refractivity (Wildman–Crippen MR) is 67.1 cm³/mol. The van der Waals surface area contributed by atoms with Crippen LogP contribution in [0.25, 0.3) is 0 Å². The molecule has 2 aliphatic rings. The van der Waals surface area contributed by atoms with Crippen LogP contribution in [0.4, 0.5) is 0 Å². The second kappa shape index (κ2) is 3.71. The molecule has 3 N–H and O–H groups in total. The molecule has 0 saturated heterocycles. The van der Waals surface area contributed by atoms with E-state index >= 15 is 0 Å². The lowest BCUT2D eigenvalue weighted by Crippen LogP contribution is -2.61. The highest BCUT2D eigenvalue weighted by molar-refractivity contribution is 5.10. The number of nitrogens with two attached hydrogens (primary N) is 1. The highest BCUT2D eigenvalue weighted by Crippen LogP contribution is 2.51. The van der Waals surface area contributed by atoms with Crippen molar-refractivity contribution in [3.8, 4) is 0 Å². The summed E-state index contributed by atoms with van der Waals surface area (Å²) in [5.74, 6) is 0.673. The Bertz CT molecular complexity index is 274. The Morgan fingerprint density at radius 1 is 1.19 bits per heavy atom. The molecule has 3 atom stereocenters. The quantitative estimate of drug-likeness (QED) is 0.721. The van der Waals surface area contributed by atoms with Crippen LogP contribution in [-0.4, -0.2) is 16.2 Å². The lowest BCUT2D eigenvalue weighted by atomic mass is 9.66. The maximum absolute atomic E-state index is 10.9. The monoisotopic (exact) mass is 225 g/mol. The Morgan fingerprint density at radius 2 is 1.88 bits per heavy atom. The molecule has 0 aromatic carbocycles. The third kappa shape index (κ3) is 2.02. The van der Waals surface area contributed by atoms with E-state index in [0.29, 0.717) is 5.92 Å². The van der Waals surface area contributed by atoms with Crippen LogP contribution in [0.1, 0.15) is 65.7 Å². The molecule has 0 heterocycles. The number of aliphatic hydroxyl groups is 1. The van der Waals surface area contributed by atoms with Gasteiger partial charge >= 0.3 is 0 Å². The van der Waals surface area contributed by atoms with Crippen molar-refractivity contribution in [2.45, 2.75) is 76.9 Å². The van der Waals surface area contributed by atoms with Crippen molar-refractivity contribution in [2.24, 2.45) is 17.1 Å². The molecule has 0 amide bonds. The van der Waals surface area contributed by atoms with E-state index in [1.165, 1.54) is 12.8 Å². The van der Waals surface area contributed by atoms with Crippen LogP contribution in [0.15, 0.2) is 0 Å². The minimum absolute atomic E-state index is 0.266. The summed E-state index contributed by atoms with van der Waals surface area (Å²) in [6, 6.07) is 0. The van der Waals surface area contributed by atoms with Crippen molar-refractivity contribution in [1.29, 1.82) is 0 Å². The van der Waals surface area contributed by atoms with Crippen molar-refractivity contribution in [2.75, 3.05) is 0 Å². The molecule has 0 aliphatic heterocycles. The van der Waals surface area contributed by atoms with Crippen molar-refractivity contribution in [3.05, 3.63) is 0 Å². The van der Waals surface area contributed by atoms with Crippen molar-refractivity contribution >= 4 is 0 Å². The average Bonchev–Trinajstić information content (AvgIpc) is 2.42. The van der Waals surface area contributed by atoms with Crippen LogP contribution >= 0.6 is 0 Å². The van der Waals surface area contributed by atoms with Gasteiger partial charge in [0.2, 0.25) is 0 Å². The highest BCUT2D eigenvalue weighted by atomic mass is 16.3. The summed E-state index contributed by atoms with van der Waals surface area (Å²) >= 11 is 0. The molecule has 2 rings (SSSR count). The van der Waals surface area contributed by atoms with Crippen LogP contribution in [0.3, 0.4) is 0 Å². The molecule has 94 valence electrons. The van der Waals surface area contributed by atoms with Gasteiger partial charge in [0, 0.05) is 5.54 Å². The lowest BCUT2D eigenvalue weighted by molar-refractivity contribution is -0.0599. The first-order chi connectivity index (χ1) is 7.27. The van der Waals surface area contributed by atoms with Gasteiger partial charge in [0.25, 0.3) is 0 Å². The van der Waals surface area contributed by atoms with Crippen molar-refractivity contribution in [3.63, 3.8) is 0 Å². The first-order valence-electron chi connectivity index (χ1n) is 6.78. The summed E-state index contributed by atoms with van der Waals surface area (Å²) in [7, 11) is 0. The average molecular weight is 225 g/mol. The number of rotatable bonds is 1. The van der Waals surface area contributed by atoms with E-state index < -0.39 is 5.60 Å². The van der Waals surface area contributed by atoms with Gasteiger partial charge in [-0.25, -0.2) is 0 Å². The van der Waals surface area contributed by atoms with Gasteiger partial charge in [-0.3, -0.25) is 0 Å². The van der Waals surface area contributed by atoms with Gasteiger partial charge in [0.1, 0.15) is 0 Å². The smallest absolute Gasteiger partial charge is 0.0831 e. The van der Waals surface area contributed by atoms with E-state index in [9.17, 15) is 5.11 Å². The number of hydrogen-bond acceptors (Lipinski definition) is 2. The van der Waals surface area contributed by atoms with E-state index in [-0.39, 0.29) is 11.0 Å². The van der Waals surface area contributed by atoms with Crippen LogP contribution in [0.2, 0.25) is 0 Å². The zero-order valence-electron chi connectivity index (χ0n) is 11.1. The normalized spacial score (nSPS) is 48.2. The fraction of sp³-hybridized carbons (Fsp3) is 1.00.